The van der Waals surface area contributed by atoms with Gasteiger partial charge < -0.3 is 9.47 Å². The zero-order chi connectivity index (χ0) is 33.6. The SMILES string of the molecule is CC1(C)Oc2c(cc(C(C)(C)C)cc2C(C)(C)C)CSC2CCCCCCC2SCc2cc(C(C)(C)C)cc(C(C)(C)C)c2O1. The minimum absolute atomic E-state index is 0.0524. The van der Waals surface area contributed by atoms with Crippen LogP contribution < -0.4 is 9.47 Å². The Balaban J connectivity index is 1.98. The molecule has 0 spiro atoms. The maximum absolute atomic E-state index is 7.18. The average Bonchev–Trinajstić information content (AvgIpc) is 2.86. The molecule has 1 saturated carbocycles. The van der Waals surface area contributed by atoms with Gasteiger partial charge in [0.25, 0.3) is 0 Å². The van der Waals surface area contributed by atoms with Gasteiger partial charge in [-0.15, -0.1) is 0 Å². The normalized spacial score (nSPS) is 22.1. The highest BCUT2D eigenvalue weighted by Crippen LogP contribution is 2.47. The van der Waals surface area contributed by atoms with Crippen molar-refractivity contribution >= 4 is 23.5 Å². The fourth-order valence-electron chi connectivity index (χ4n) is 6.52. The van der Waals surface area contributed by atoms with Crippen molar-refractivity contribution in [3.05, 3.63) is 57.6 Å². The molecule has 252 valence electrons. The monoisotopic (exact) mass is 652 g/mol. The van der Waals surface area contributed by atoms with Crippen LogP contribution in [0.3, 0.4) is 0 Å². The lowest BCUT2D eigenvalue weighted by atomic mass is 9.79. The second kappa shape index (κ2) is 13.3. The van der Waals surface area contributed by atoms with Crippen molar-refractivity contribution in [2.45, 2.75) is 185 Å². The molecule has 4 rings (SSSR count). The maximum atomic E-state index is 7.18. The van der Waals surface area contributed by atoms with Gasteiger partial charge in [0.1, 0.15) is 11.5 Å². The molecule has 2 atom stereocenters. The lowest BCUT2D eigenvalue weighted by Crippen LogP contribution is -2.38. The van der Waals surface area contributed by atoms with Gasteiger partial charge in [0.15, 0.2) is 0 Å². The Morgan fingerprint density at radius 2 is 0.889 bits per heavy atom. The summed E-state index contributed by atoms with van der Waals surface area (Å²) in [6.07, 6.45) is 8.00. The summed E-state index contributed by atoms with van der Waals surface area (Å²) < 4.78 is 14.4. The third-order valence-corrected chi connectivity index (χ3v) is 12.5. The highest BCUT2D eigenvalue weighted by atomic mass is 32.2. The largest absolute Gasteiger partial charge is 0.452 e. The van der Waals surface area contributed by atoms with E-state index < -0.39 is 5.79 Å². The molecule has 1 aliphatic carbocycles. The van der Waals surface area contributed by atoms with Gasteiger partial charge in [0, 0.05) is 58.1 Å². The first-order valence-electron chi connectivity index (χ1n) is 17.5. The Hall–Kier alpha value is -1.26. The first-order chi connectivity index (χ1) is 20.6. The number of hydrogen-bond acceptors (Lipinski definition) is 4. The molecule has 1 heterocycles. The second-order valence-corrected chi connectivity index (χ2v) is 20.8. The summed E-state index contributed by atoms with van der Waals surface area (Å²) >= 11 is 4.37. The van der Waals surface area contributed by atoms with Crippen LogP contribution in [0, 0.1) is 0 Å². The molecule has 4 heteroatoms. The molecule has 0 saturated heterocycles. The summed E-state index contributed by atoms with van der Waals surface area (Å²) in [6, 6.07) is 9.72. The third-order valence-electron chi connectivity index (χ3n) is 9.42. The van der Waals surface area contributed by atoms with Crippen molar-refractivity contribution < 1.29 is 9.47 Å². The van der Waals surface area contributed by atoms with Gasteiger partial charge in [-0.1, -0.05) is 133 Å². The van der Waals surface area contributed by atoms with Crippen molar-refractivity contribution in [2.75, 3.05) is 0 Å². The molecule has 0 amide bonds. The molecule has 2 aliphatic rings. The molecule has 2 aromatic carbocycles. The van der Waals surface area contributed by atoms with Gasteiger partial charge in [-0.25, -0.2) is 0 Å². The van der Waals surface area contributed by atoms with E-state index in [-0.39, 0.29) is 21.7 Å². The Morgan fingerprint density at radius 1 is 0.533 bits per heavy atom. The van der Waals surface area contributed by atoms with E-state index >= 15 is 0 Å². The molecule has 45 heavy (non-hydrogen) atoms. The minimum Gasteiger partial charge on any atom is -0.452 e. The summed E-state index contributed by atoms with van der Waals surface area (Å²) in [5.41, 5.74) is 7.92. The summed E-state index contributed by atoms with van der Waals surface area (Å²) in [7, 11) is 0. The first kappa shape index (κ1) is 36.6. The number of benzene rings is 2. The smallest absolute Gasteiger partial charge is 0.245 e. The Morgan fingerprint density at radius 3 is 1.20 bits per heavy atom. The fourth-order valence-corrected chi connectivity index (χ4v) is 9.57. The molecular formula is C41H64O2S2. The van der Waals surface area contributed by atoms with Crippen LogP contribution in [0.5, 0.6) is 11.5 Å². The van der Waals surface area contributed by atoms with Crippen LogP contribution in [0.1, 0.15) is 169 Å². The number of hydrogen-bond donors (Lipinski definition) is 0. The van der Waals surface area contributed by atoms with E-state index in [4.69, 9.17) is 9.47 Å². The van der Waals surface area contributed by atoms with E-state index in [2.05, 4.69) is 145 Å². The van der Waals surface area contributed by atoms with Gasteiger partial charge >= 0.3 is 0 Å². The Bertz CT molecular complexity index is 1230. The van der Waals surface area contributed by atoms with E-state index in [1.807, 2.05) is 0 Å². The molecule has 2 unspecified atom stereocenters. The van der Waals surface area contributed by atoms with Crippen LogP contribution in [0.15, 0.2) is 24.3 Å². The van der Waals surface area contributed by atoms with Crippen LogP contribution in [0.4, 0.5) is 0 Å². The molecule has 0 radical (unpaired) electrons. The molecule has 2 aromatic rings. The van der Waals surface area contributed by atoms with Crippen LogP contribution in [-0.4, -0.2) is 16.3 Å². The second-order valence-electron chi connectivity index (χ2n) is 18.3. The predicted molar refractivity (Wildman–Crippen MR) is 201 cm³/mol. The molecule has 2 nitrogen and oxygen atoms in total. The van der Waals surface area contributed by atoms with Crippen molar-refractivity contribution in [3.63, 3.8) is 0 Å². The van der Waals surface area contributed by atoms with Crippen molar-refractivity contribution in [1.82, 2.24) is 0 Å². The highest BCUT2D eigenvalue weighted by Gasteiger charge is 2.35. The Labute approximate surface area is 286 Å². The molecule has 1 fully saturated rings. The summed E-state index contributed by atoms with van der Waals surface area (Å²) in [4.78, 5) is 0. The Kier molecular flexibility index (Phi) is 10.8. The zero-order valence-electron chi connectivity index (χ0n) is 31.3. The average molecular weight is 653 g/mol. The topological polar surface area (TPSA) is 18.5 Å². The van der Waals surface area contributed by atoms with Gasteiger partial charge in [-0.05, 0) is 45.6 Å². The van der Waals surface area contributed by atoms with Crippen LogP contribution >= 0.6 is 23.5 Å². The van der Waals surface area contributed by atoms with Gasteiger partial charge in [-0.3, -0.25) is 0 Å². The minimum atomic E-state index is -0.860. The van der Waals surface area contributed by atoms with Gasteiger partial charge in [0.05, 0.1) is 0 Å². The predicted octanol–water partition coefficient (Wildman–Crippen LogP) is 12.6. The van der Waals surface area contributed by atoms with Crippen molar-refractivity contribution in [1.29, 1.82) is 0 Å². The van der Waals surface area contributed by atoms with Crippen LogP contribution in [-0.2, 0) is 33.2 Å². The number of thioether (sulfide) groups is 2. The summed E-state index contributed by atoms with van der Waals surface area (Å²) in [6.45, 7) is 32.2. The van der Waals surface area contributed by atoms with Crippen molar-refractivity contribution in [3.8, 4) is 11.5 Å². The molecular weight excluding hydrogens is 589 g/mol. The molecule has 0 bridgehead atoms. The third kappa shape index (κ3) is 9.21. The van der Waals surface area contributed by atoms with Gasteiger partial charge in [0.2, 0.25) is 5.79 Å². The molecule has 0 N–H and O–H groups in total. The summed E-state index contributed by atoms with van der Waals surface area (Å²) in [5.74, 6) is 3.12. The fraction of sp³-hybridized carbons (Fsp3) is 0.707. The lowest BCUT2D eigenvalue weighted by Gasteiger charge is -2.36. The quantitative estimate of drug-likeness (QED) is 0.282. The van der Waals surface area contributed by atoms with Crippen LogP contribution in [0.25, 0.3) is 0 Å². The summed E-state index contributed by atoms with van der Waals surface area (Å²) in [5, 5.41) is 1.26. The van der Waals surface area contributed by atoms with E-state index in [1.165, 1.54) is 71.9 Å². The molecule has 0 aromatic heterocycles. The first-order valence-corrected chi connectivity index (χ1v) is 19.6. The van der Waals surface area contributed by atoms with Crippen molar-refractivity contribution in [2.24, 2.45) is 0 Å². The van der Waals surface area contributed by atoms with E-state index in [0.717, 1.165) is 23.0 Å². The van der Waals surface area contributed by atoms with Crippen LogP contribution in [0.2, 0.25) is 0 Å². The maximum Gasteiger partial charge on any atom is 0.245 e. The number of rotatable bonds is 0. The highest BCUT2D eigenvalue weighted by molar-refractivity contribution is 8.03. The molecule has 1 aliphatic heterocycles. The number of ether oxygens (including phenoxy) is 2. The zero-order valence-corrected chi connectivity index (χ0v) is 32.9. The standard InChI is InChI=1S/C41H64O2S2/c1-37(2,3)29-21-27-25-44-33-19-17-15-16-18-20-34(33)45-26-28-22-30(38(4,5)6)24-32(40(10,11)12)36(28)43-41(13,14)42-35(27)31(23-29)39(7,8)9/h21-24,33-34H,15-20,25-26H2,1-14H3. The van der Waals surface area contributed by atoms with E-state index in [9.17, 15) is 0 Å². The number of fused-ring (bicyclic) bond motifs is 3. The lowest BCUT2D eigenvalue weighted by molar-refractivity contribution is -0.0836. The van der Waals surface area contributed by atoms with E-state index in [1.54, 1.807) is 0 Å². The van der Waals surface area contributed by atoms with Gasteiger partial charge in [-0.2, -0.15) is 23.5 Å². The van der Waals surface area contributed by atoms with E-state index in [0.29, 0.717) is 10.5 Å².